The van der Waals surface area contributed by atoms with Crippen molar-refractivity contribution in [2.75, 3.05) is 0 Å². The molecule has 0 atom stereocenters. The summed E-state index contributed by atoms with van der Waals surface area (Å²) in [6, 6.07) is 29.1. The molecule has 0 radical (unpaired) electrons. The summed E-state index contributed by atoms with van der Waals surface area (Å²) >= 11 is 0. The minimum Gasteiger partial charge on any atom is -0.340 e. The fourth-order valence-electron chi connectivity index (χ4n) is 6.37. The highest BCUT2D eigenvalue weighted by Gasteiger charge is 2.12. The number of rotatable bonds is 13. The predicted octanol–water partition coefficient (Wildman–Crippen LogP) is 9.35. The van der Waals surface area contributed by atoms with Gasteiger partial charge in [-0.1, -0.05) is 74.9 Å². The van der Waals surface area contributed by atoms with Crippen molar-refractivity contribution in [1.82, 2.24) is 9.13 Å². The third-order valence-corrected chi connectivity index (χ3v) is 8.38. The third kappa shape index (κ3) is 5.06. The van der Waals surface area contributed by atoms with Crippen LogP contribution in [0.3, 0.4) is 0 Å². The van der Waals surface area contributed by atoms with Gasteiger partial charge < -0.3 is 9.13 Å². The molecule has 0 amide bonds. The van der Waals surface area contributed by atoms with Crippen molar-refractivity contribution in [2.45, 2.75) is 64.5 Å². The number of para-hydroxylation sites is 2. The highest BCUT2D eigenvalue weighted by molar-refractivity contribution is 6.10. The monoisotopic (exact) mass is 528 g/mol. The van der Waals surface area contributed by atoms with Gasteiger partial charge >= 0.3 is 0 Å². The minimum absolute atomic E-state index is 0.735. The predicted molar refractivity (Wildman–Crippen MR) is 167 cm³/mol. The van der Waals surface area contributed by atoms with E-state index < -0.39 is 0 Å². The molecule has 4 aromatic carbocycles. The molecule has 6 aromatic rings. The fourth-order valence-corrected chi connectivity index (χ4v) is 6.37. The second-order valence-electron chi connectivity index (χ2n) is 11.0. The Hall–Kier alpha value is -4.18. The normalized spacial score (nSPS) is 11.7. The van der Waals surface area contributed by atoms with Crippen LogP contribution in [0.2, 0.25) is 0 Å². The second-order valence-corrected chi connectivity index (χ2v) is 11.0. The summed E-state index contributed by atoms with van der Waals surface area (Å²) in [5.41, 5.74) is 6.43. The van der Waals surface area contributed by atoms with Crippen molar-refractivity contribution in [2.24, 2.45) is 0 Å². The summed E-state index contributed by atoms with van der Waals surface area (Å²) in [4.78, 5) is 22.6. The van der Waals surface area contributed by atoms with Crippen molar-refractivity contribution in [1.29, 1.82) is 0 Å². The maximum absolute atomic E-state index is 11.3. The Morgan fingerprint density at radius 3 is 1.23 bits per heavy atom. The van der Waals surface area contributed by atoms with E-state index in [-0.39, 0.29) is 0 Å². The molecule has 0 aliphatic heterocycles. The topological polar surface area (TPSA) is 44.0 Å². The standard InChI is InChI=1S/C36H36N2O2/c39-25-27-17-19-35-31(23-27)29-13-7-9-15-33(29)37(35)21-11-5-3-1-2-4-6-12-22-38-34-16-10-8-14-30(34)32-24-28(26-40)18-20-36(32)38/h7-10,13-20,23-26H,1-6,11-12,21-22H2. The molecule has 6 rings (SSSR count). The molecule has 40 heavy (non-hydrogen) atoms. The van der Waals surface area contributed by atoms with E-state index in [0.29, 0.717) is 0 Å². The van der Waals surface area contributed by atoms with Crippen LogP contribution >= 0.6 is 0 Å². The lowest BCUT2D eigenvalue weighted by molar-refractivity contribution is 0.111. The van der Waals surface area contributed by atoms with E-state index in [2.05, 4.69) is 69.8 Å². The highest BCUT2D eigenvalue weighted by atomic mass is 16.1. The zero-order valence-corrected chi connectivity index (χ0v) is 23.0. The first-order chi connectivity index (χ1) is 19.8. The first kappa shape index (κ1) is 26.1. The van der Waals surface area contributed by atoms with E-state index in [4.69, 9.17) is 0 Å². The number of hydrogen-bond acceptors (Lipinski definition) is 2. The Morgan fingerprint density at radius 1 is 0.425 bits per heavy atom. The summed E-state index contributed by atoms with van der Waals surface area (Å²) in [7, 11) is 0. The van der Waals surface area contributed by atoms with Crippen LogP contribution in [0.25, 0.3) is 43.6 Å². The molecule has 0 saturated heterocycles. The molecule has 0 aliphatic carbocycles. The van der Waals surface area contributed by atoms with Crippen LogP contribution < -0.4 is 0 Å². The van der Waals surface area contributed by atoms with Gasteiger partial charge in [-0.15, -0.1) is 0 Å². The van der Waals surface area contributed by atoms with Crippen LogP contribution in [0, 0.1) is 0 Å². The molecule has 0 saturated carbocycles. The lowest BCUT2D eigenvalue weighted by Gasteiger charge is -2.09. The van der Waals surface area contributed by atoms with Crippen LogP contribution in [-0.2, 0) is 13.1 Å². The first-order valence-electron chi connectivity index (χ1n) is 14.7. The first-order valence-corrected chi connectivity index (χ1v) is 14.7. The Bertz CT molecular complexity index is 1670. The molecule has 4 heteroatoms. The zero-order chi connectivity index (χ0) is 27.3. The van der Waals surface area contributed by atoms with Gasteiger partial charge in [-0.05, 0) is 61.4 Å². The number of aryl methyl sites for hydroxylation is 2. The number of benzene rings is 4. The fraction of sp³-hybridized carbons (Fsp3) is 0.278. The summed E-state index contributed by atoms with van der Waals surface area (Å²) in [5, 5.41) is 4.80. The van der Waals surface area contributed by atoms with E-state index in [1.165, 1.54) is 95.0 Å². The Labute approximate surface area is 235 Å². The van der Waals surface area contributed by atoms with Crippen LogP contribution in [0.15, 0.2) is 84.9 Å². The molecule has 0 aliphatic rings. The molecular weight excluding hydrogens is 492 g/mol. The van der Waals surface area contributed by atoms with Crippen LogP contribution in [-0.4, -0.2) is 21.7 Å². The largest absolute Gasteiger partial charge is 0.340 e. The van der Waals surface area contributed by atoms with E-state index in [1.54, 1.807) is 0 Å². The maximum atomic E-state index is 11.3. The molecule has 0 spiro atoms. The van der Waals surface area contributed by atoms with Crippen LogP contribution in [0.4, 0.5) is 0 Å². The van der Waals surface area contributed by atoms with Crippen molar-refractivity contribution in [3.63, 3.8) is 0 Å². The van der Waals surface area contributed by atoms with Crippen molar-refractivity contribution in [3.05, 3.63) is 96.1 Å². The lowest BCUT2D eigenvalue weighted by atomic mass is 10.1. The number of carbonyl (C=O) groups is 2. The van der Waals surface area contributed by atoms with Gasteiger partial charge in [-0.2, -0.15) is 0 Å². The summed E-state index contributed by atoms with van der Waals surface area (Å²) in [6.07, 6.45) is 11.8. The number of aldehydes is 2. The highest BCUT2D eigenvalue weighted by Crippen LogP contribution is 2.31. The molecule has 4 nitrogen and oxygen atoms in total. The van der Waals surface area contributed by atoms with Gasteiger partial charge in [0.15, 0.2) is 0 Å². The number of carbonyl (C=O) groups excluding carboxylic acids is 2. The zero-order valence-electron chi connectivity index (χ0n) is 23.0. The lowest BCUT2D eigenvalue weighted by Crippen LogP contribution is -1.98. The Balaban J connectivity index is 0.964. The summed E-state index contributed by atoms with van der Waals surface area (Å²) in [5.74, 6) is 0. The van der Waals surface area contributed by atoms with Gasteiger partial charge in [0.25, 0.3) is 0 Å². The molecule has 0 N–H and O–H groups in total. The summed E-state index contributed by atoms with van der Waals surface area (Å²) in [6.45, 7) is 2.02. The van der Waals surface area contributed by atoms with Gasteiger partial charge in [0.2, 0.25) is 0 Å². The van der Waals surface area contributed by atoms with E-state index in [0.717, 1.165) is 36.8 Å². The van der Waals surface area contributed by atoms with Gasteiger partial charge in [0, 0.05) is 67.8 Å². The molecule has 0 unspecified atom stereocenters. The number of aromatic nitrogens is 2. The van der Waals surface area contributed by atoms with Crippen LogP contribution in [0.5, 0.6) is 0 Å². The molecule has 2 heterocycles. The van der Waals surface area contributed by atoms with Gasteiger partial charge in [0.05, 0.1) is 0 Å². The Morgan fingerprint density at radius 2 is 0.800 bits per heavy atom. The summed E-state index contributed by atoms with van der Waals surface area (Å²) < 4.78 is 4.85. The second kappa shape index (κ2) is 11.9. The molecule has 2 aromatic heterocycles. The smallest absolute Gasteiger partial charge is 0.150 e. The molecule has 0 fully saturated rings. The molecule has 202 valence electrons. The average molecular weight is 529 g/mol. The minimum atomic E-state index is 0.735. The number of hydrogen-bond donors (Lipinski definition) is 0. The van der Waals surface area contributed by atoms with Gasteiger partial charge in [-0.25, -0.2) is 0 Å². The maximum Gasteiger partial charge on any atom is 0.150 e. The average Bonchev–Trinajstić information content (AvgIpc) is 3.49. The number of unbranched alkanes of at least 4 members (excludes halogenated alkanes) is 7. The number of nitrogens with zero attached hydrogens (tertiary/aromatic N) is 2. The SMILES string of the molecule is O=Cc1ccc2c(c1)c1ccccc1n2CCCCCCCCCCn1c2ccccc2c2cc(C=O)ccc21. The van der Waals surface area contributed by atoms with Crippen molar-refractivity contribution >= 4 is 56.2 Å². The third-order valence-electron chi connectivity index (χ3n) is 8.38. The Kier molecular flexibility index (Phi) is 7.76. The van der Waals surface area contributed by atoms with E-state index in [9.17, 15) is 9.59 Å². The molecule has 0 bridgehead atoms. The van der Waals surface area contributed by atoms with E-state index >= 15 is 0 Å². The van der Waals surface area contributed by atoms with Crippen molar-refractivity contribution < 1.29 is 9.59 Å². The van der Waals surface area contributed by atoms with E-state index in [1.807, 2.05) is 24.3 Å². The van der Waals surface area contributed by atoms with Gasteiger partial charge in [-0.3, -0.25) is 9.59 Å². The quantitative estimate of drug-likeness (QED) is 0.111. The van der Waals surface area contributed by atoms with Crippen molar-refractivity contribution in [3.8, 4) is 0 Å². The van der Waals surface area contributed by atoms with Gasteiger partial charge in [0.1, 0.15) is 12.6 Å². The molecular formula is C36H36N2O2. The number of fused-ring (bicyclic) bond motifs is 6. The van der Waals surface area contributed by atoms with Crippen LogP contribution in [0.1, 0.15) is 72.1 Å².